The van der Waals surface area contributed by atoms with Gasteiger partial charge in [0.2, 0.25) is 0 Å². The van der Waals surface area contributed by atoms with E-state index >= 15 is 0 Å². The molecule has 2 nitrogen and oxygen atoms in total. The van der Waals surface area contributed by atoms with Crippen molar-refractivity contribution in [1.29, 1.82) is 0 Å². The topological polar surface area (TPSA) is 20.3 Å². The first kappa shape index (κ1) is 10.7. The van der Waals surface area contributed by atoms with Crippen molar-refractivity contribution in [2.45, 2.75) is 18.9 Å². The molecule has 1 aliphatic rings. The Hall–Kier alpha value is -1.79. The molecule has 2 rings (SSSR count). The average Bonchev–Trinajstić information content (AvgIpc) is 2.26. The molecule has 1 saturated heterocycles. The van der Waals surface area contributed by atoms with Gasteiger partial charge >= 0.3 is 0 Å². The van der Waals surface area contributed by atoms with E-state index < -0.39 is 0 Å². The Morgan fingerprint density at radius 3 is 2.81 bits per heavy atom. The van der Waals surface area contributed by atoms with Crippen LogP contribution in [-0.4, -0.2) is 23.4 Å². The molecule has 1 fully saturated rings. The fraction of sp³-hybridized carbons (Fsp3) is 0.286. The van der Waals surface area contributed by atoms with E-state index in [2.05, 4.69) is 24.4 Å². The standard InChI is InChI=1S/C14H15NO/c1-2-6-14(16)15-10-9-13(15)11-12-7-4-3-5-8-12/h3-8,13H,1,9-11H2. The Balaban J connectivity index is 1.97. The number of carbonyl (C=O) groups excluding carboxylic acids is 1. The Bertz CT molecular complexity index is 418. The summed E-state index contributed by atoms with van der Waals surface area (Å²) in [6, 6.07) is 10.6. The predicted molar refractivity (Wildman–Crippen MR) is 64.0 cm³/mol. The number of carbonyl (C=O) groups is 1. The van der Waals surface area contributed by atoms with E-state index in [0.29, 0.717) is 6.04 Å². The largest absolute Gasteiger partial charge is 0.335 e. The molecule has 0 spiro atoms. The number of hydrogen-bond acceptors (Lipinski definition) is 1. The lowest BCUT2D eigenvalue weighted by molar-refractivity contribution is -0.133. The highest BCUT2D eigenvalue weighted by Crippen LogP contribution is 2.21. The number of rotatable bonds is 3. The van der Waals surface area contributed by atoms with Gasteiger partial charge in [0.15, 0.2) is 0 Å². The van der Waals surface area contributed by atoms with Crippen LogP contribution >= 0.6 is 0 Å². The molecule has 0 aromatic heterocycles. The monoisotopic (exact) mass is 213 g/mol. The molecule has 1 aromatic carbocycles. The Morgan fingerprint density at radius 1 is 1.50 bits per heavy atom. The fourth-order valence-electron chi connectivity index (χ4n) is 2.00. The third-order valence-corrected chi connectivity index (χ3v) is 2.97. The van der Waals surface area contributed by atoms with Gasteiger partial charge in [0.1, 0.15) is 0 Å². The third-order valence-electron chi connectivity index (χ3n) is 2.97. The molecular formula is C14H15NO. The first-order valence-electron chi connectivity index (χ1n) is 5.51. The molecule has 1 unspecified atom stereocenters. The molecule has 1 amide bonds. The second kappa shape index (κ2) is 4.82. The van der Waals surface area contributed by atoms with Gasteiger partial charge in [-0.05, 0) is 18.4 Å². The summed E-state index contributed by atoms with van der Waals surface area (Å²) < 4.78 is 0. The summed E-state index contributed by atoms with van der Waals surface area (Å²) in [5.74, 6) is 0.0298. The van der Waals surface area contributed by atoms with Crippen LogP contribution < -0.4 is 0 Å². The second-order valence-corrected chi connectivity index (χ2v) is 4.01. The Labute approximate surface area is 95.9 Å². The average molecular weight is 213 g/mol. The first-order valence-corrected chi connectivity index (χ1v) is 5.51. The van der Waals surface area contributed by atoms with Crippen LogP contribution in [0.5, 0.6) is 0 Å². The molecule has 16 heavy (non-hydrogen) atoms. The summed E-state index contributed by atoms with van der Waals surface area (Å²) in [6.45, 7) is 4.28. The second-order valence-electron chi connectivity index (χ2n) is 4.01. The molecule has 0 N–H and O–H groups in total. The van der Waals surface area contributed by atoms with E-state index in [1.165, 1.54) is 11.6 Å². The van der Waals surface area contributed by atoms with Gasteiger partial charge in [-0.3, -0.25) is 4.79 Å². The van der Waals surface area contributed by atoms with Gasteiger partial charge in [0.25, 0.3) is 5.91 Å². The minimum absolute atomic E-state index is 0.0298. The number of hydrogen-bond donors (Lipinski definition) is 0. The van der Waals surface area contributed by atoms with E-state index in [9.17, 15) is 4.79 Å². The molecule has 82 valence electrons. The van der Waals surface area contributed by atoms with Crippen LogP contribution in [0.2, 0.25) is 0 Å². The minimum atomic E-state index is 0.0298. The SMILES string of the molecule is C=C=CC(=O)N1CCC1Cc1ccccc1. The van der Waals surface area contributed by atoms with Gasteiger partial charge in [0.05, 0.1) is 0 Å². The van der Waals surface area contributed by atoms with Crippen molar-refractivity contribution in [3.8, 4) is 0 Å². The van der Waals surface area contributed by atoms with Crippen LogP contribution in [0.1, 0.15) is 12.0 Å². The lowest BCUT2D eigenvalue weighted by atomic mass is 9.95. The van der Waals surface area contributed by atoms with Gasteiger partial charge in [-0.25, -0.2) is 0 Å². The molecule has 2 heteroatoms. The van der Waals surface area contributed by atoms with Crippen LogP contribution in [0.25, 0.3) is 0 Å². The summed E-state index contributed by atoms with van der Waals surface area (Å²) in [5.41, 5.74) is 3.82. The number of likely N-dealkylation sites (tertiary alicyclic amines) is 1. The van der Waals surface area contributed by atoms with Crippen molar-refractivity contribution in [3.63, 3.8) is 0 Å². The predicted octanol–water partition coefficient (Wildman–Crippen LogP) is 2.17. The zero-order valence-electron chi connectivity index (χ0n) is 9.23. The summed E-state index contributed by atoms with van der Waals surface area (Å²) in [6.07, 6.45) is 3.44. The van der Waals surface area contributed by atoms with E-state index in [4.69, 9.17) is 0 Å². The smallest absolute Gasteiger partial charge is 0.254 e. The molecule has 0 radical (unpaired) electrons. The zero-order valence-corrected chi connectivity index (χ0v) is 9.23. The minimum Gasteiger partial charge on any atom is -0.335 e. The van der Waals surface area contributed by atoms with Gasteiger partial charge in [-0.1, -0.05) is 36.9 Å². The van der Waals surface area contributed by atoms with Crippen LogP contribution in [-0.2, 0) is 11.2 Å². The van der Waals surface area contributed by atoms with Crippen LogP contribution in [0, 0.1) is 0 Å². The Morgan fingerprint density at radius 2 is 2.25 bits per heavy atom. The van der Waals surface area contributed by atoms with Crippen LogP contribution in [0.3, 0.4) is 0 Å². The molecular weight excluding hydrogens is 198 g/mol. The molecule has 0 saturated carbocycles. The van der Waals surface area contributed by atoms with Gasteiger partial charge in [-0.2, -0.15) is 0 Å². The van der Waals surface area contributed by atoms with E-state index in [0.717, 1.165) is 19.4 Å². The summed E-state index contributed by atoms with van der Waals surface area (Å²) in [4.78, 5) is 13.5. The maximum atomic E-state index is 11.6. The van der Waals surface area contributed by atoms with E-state index in [1.807, 2.05) is 23.1 Å². The highest BCUT2D eigenvalue weighted by Gasteiger charge is 2.30. The maximum absolute atomic E-state index is 11.6. The molecule has 1 atom stereocenters. The van der Waals surface area contributed by atoms with Crippen LogP contribution in [0.15, 0.2) is 48.7 Å². The molecule has 1 aliphatic heterocycles. The quantitative estimate of drug-likeness (QED) is 0.556. The lowest BCUT2D eigenvalue weighted by Crippen LogP contribution is -2.51. The molecule has 0 bridgehead atoms. The van der Waals surface area contributed by atoms with Crippen molar-refractivity contribution in [3.05, 3.63) is 54.3 Å². The number of nitrogens with zero attached hydrogens (tertiary/aromatic N) is 1. The molecule has 0 aliphatic carbocycles. The molecule has 1 aromatic rings. The first-order chi connectivity index (χ1) is 7.81. The zero-order chi connectivity index (χ0) is 11.4. The van der Waals surface area contributed by atoms with Crippen LogP contribution in [0.4, 0.5) is 0 Å². The van der Waals surface area contributed by atoms with Crippen molar-refractivity contribution in [2.24, 2.45) is 0 Å². The van der Waals surface area contributed by atoms with Gasteiger partial charge in [0, 0.05) is 18.7 Å². The van der Waals surface area contributed by atoms with Crippen molar-refractivity contribution in [1.82, 2.24) is 4.90 Å². The van der Waals surface area contributed by atoms with Crippen molar-refractivity contribution < 1.29 is 4.79 Å². The van der Waals surface area contributed by atoms with Gasteiger partial charge < -0.3 is 4.90 Å². The number of benzene rings is 1. The van der Waals surface area contributed by atoms with E-state index in [-0.39, 0.29) is 5.91 Å². The van der Waals surface area contributed by atoms with Crippen molar-refractivity contribution in [2.75, 3.05) is 6.54 Å². The number of amides is 1. The lowest BCUT2D eigenvalue weighted by Gasteiger charge is -2.40. The Kier molecular flexibility index (Phi) is 3.23. The maximum Gasteiger partial charge on any atom is 0.254 e. The summed E-state index contributed by atoms with van der Waals surface area (Å²) in [7, 11) is 0. The van der Waals surface area contributed by atoms with Gasteiger partial charge in [-0.15, -0.1) is 5.73 Å². The fourth-order valence-corrected chi connectivity index (χ4v) is 2.00. The third kappa shape index (κ3) is 2.23. The summed E-state index contributed by atoms with van der Waals surface area (Å²) in [5, 5.41) is 0. The van der Waals surface area contributed by atoms with Crippen molar-refractivity contribution >= 4 is 5.91 Å². The normalized spacial score (nSPS) is 18.5. The highest BCUT2D eigenvalue weighted by atomic mass is 16.2. The molecule has 1 heterocycles. The highest BCUT2D eigenvalue weighted by molar-refractivity contribution is 5.88. The van der Waals surface area contributed by atoms with E-state index in [1.54, 1.807) is 0 Å². The summed E-state index contributed by atoms with van der Waals surface area (Å²) >= 11 is 0.